The number of nitrogens with one attached hydrogen (secondary N) is 1. The Morgan fingerprint density at radius 2 is 2.16 bits per heavy atom. The zero-order valence-electron chi connectivity index (χ0n) is 14.7. The van der Waals surface area contributed by atoms with E-state index in [1.54, 1.807) is 7.11 Å². The van der Waals surface area contributed by atoms with Crippen LogP contribution in [0.25, 0.3) is 0 Å². The van der Waals surface area contributed by atoms with Gasteiger partial charge in [-0.3, -0.25) is 4.90 Å². The summed E-state index contributed by atoms with van der Waals surface area (Å²) in [6.45, 7) is 5.85. The number of fused-ring (bicyclic) bond motifs is 1. The summed E-state index contributed by atoms with van der Waals surface area (Å²) in [5.41, 5.74) is 1.42. The maximum atomic E-state index is 5.54. The fourth-order valence-corrected chi connectivity index (χ4v) is 5.34. The fourth-order valence-electron chi connectivity index (χ4n) is 3.86. The summed E-state index contributed by atoms with van der Waals surface area (Å²) in [5.74, 6) is 4.67. The second kappa shape index (κ2) is 7.61. The summed E-state index contributed by atoms with van der Waals surface area (Å²) in [7, 11) is 1.66. The van der Waals surface area contributed by atoms with Crippen molar-refractivity contribution in [3.63, 3.8) is 0 Å². The van der Waals surface area contributed by atoms with E-state index in [-0.39, 0.29) is 12.3 Å². The number of benzene rings is 1. The molecule has 2 saturated heterocycles. The largest absolute Gasteiger partial charge is 0.493 e. The number of morpholine rings is 1. The van der Waals surface area contributed by atoms with E-state index in [9.17, 15) is 0 Å². The second-order valence-electron chi connectivity index (χ2n) is 6.76. The molecule has 4 rings (SSSR count). The first-order chi connectivity index (χ1) is 12.3. The van der Waals surface area contributed by atoms with Crippen molar-refractivity contribution in [1.82, 2.24) is 10.2 Å². The molecule has 0 saturated carbocycles. The van der Waals surface area contributed by atoms with Crippen LogP contribution in [-0.4, -0.2) is 68.7 Å². The summed E-state index contributed by atoms with van der Waals surface area (Å²) in [6, 6.07) is 4.08. The lowest BCUT2D eigenvalue weighted by Crippen LogP contribution is -2.58. The van der Waals surface area contributed by atoms with Gasteiger partial charge in [0.15, 0.2) is 11.5 Å². The van der Waals surface area contributed by atoms with Crippen LogP contribution in [0.3, 0.4) is 0 Å². The zero-order chi connectivity index (χ0) is 17.1. The van der Waals surface area contributed by atoms with Crippen molar-refractivity contribution < 1.29 is 18.9 Å². The van der Waals surface area contributed by atoms with Crippen molar-refractivity contribution in [2.75, 3.05) is 58.3 Å². The average molecular weight is 366 g/mol. The Labute approximate surface area is 153 Å². The van der Waals surface area contributed by atoms with Gasteiger partial charge in [-0.1, -0.05) is 0 Å². The molecule has 25 heavy (non-hydrogen) atoms. The van der Waals surface area contributed by atoms with Crippen LogP contribution in [0.1, 0.15) is 12.0 Å². The monoisotopic (exact) mass is 366 g/mol. The molecule has 1 N–H and O–H groups in total. The number of rotatable bonds is 6. The number of hydrogen-bond acceptors (Lipinski definition) is 7. The molecule has 0 radical (unpaired) electrons. The molecule has 2 fully saturated rings. The normalized spacial score (nSPS) is 26.1. The summed E-state index contributed by atoms with van der Waals surface area (Å²) in [4.78, 5) is 2.63. The third kappa shape index (κ3) is 3.56. The molecule has 0 spiro atoms. The first kappa shape index (κ1) is 17.3. The molecule has 0 aliphatic carbocycles. The van der Waals surface area contributed by atoms with Gasteiger partial charge in [-0.2, -0.15) is 11.8 Å². The minimum atomic E-state index is 0.259. The molecular weight excluding hydrogens is 340 g/mol. The van der Waals surface area contributed by atoms with Gasteiger partial charge in [0.25, 0.3) is 0 Å². The van der Waals surface area contributed by atoms with E-state index < -0.39 is 0 Å². The number of methoxy groups -OCH3 is 1. The van der Waals surface area contributed by atoms with Crippen LogP contribution < -0.4 is 19.5 Å². The van der Waals surface area contributed by atoms with E-state index in [0.717, 1.165) is 56.5 Å². The summed E-state index contributed by atoms with van der Waals surface area (Å²) >= 11 is 2.06. The Kier molecular flexibility index (Phi) is 5.26. The topological polar surface area (TPSA) is 52.2 Å². The summed E-state index contributed by atoms with van der Waals surface area (Å²) in [5, 5.41) is 3.68. The van der Waals surface area contributed by atoms with Gasteiger partial charge in [-0.25, -0.2) is 0 Å². The molecule has 0 amide bonds. The van der Waals surface area contributed by atoms with Crippen LogP contribution in [0, 0.1) is 0 Å². The molecule has 3 aliphatic heterocycles. The highest BCUT2D eigenvalue weighted by molar-refractivity contribution is 7.99. The molecule has 1 unspecified atom stereocenters. The van der Waals surface area contributed by atoms with Crippen molar-refractivity contribution in [3.8, 4) is 17.2 Å². The Bertz CT molecular complexity index is 601. The molecule has 138 valence electrons. The predicted octanol–water partition coefficient (Wildman–Crippen LogP) is 1.72. The van der Waals surface area contributed by atoms with E-state index >= 15 is 0 Å². The first-order valence-electron chi connectivity index (χ1n) is 8.88. The first-order valence-corrected chi connectivity index (χ1v) is 10.0. The van der Waals surface area contributed by atoms with Gasteiger partial charge in [0.2, 0.25) is 12.5 Å². The Morgan fingerprint density at radius 1 is 1.28 bits per heavy atom. The van der Waals surface area contributed by atoms with Crippen molar-refractivity contribution in [3.05, 3.63) is 17.7 Å². The molecular formula is C18H26N2O4S. The number of nitrogens with zero attached hydrogens (tertiary/aromatic N) is 1. The van der Waals surface area contributed by atoms with Crippen molar-refractivity contribution in [2.24, 2.45) is 0 Å². The Balaban J connectivity index is 1.41. The molecule has 6 nitrogen and oxygen atoms in total. The molecule has 0 aromatic heterocycles. The van der Waals surface area contributed by atoms with E-state index in [1.807, 2.05) is 12.1 Å². The molecule has 7 heteroatoms. The van der Waals surface area contributed by atoms with Crippen LogP contribution in [0.15, 0.2) is 12.1 Å². The molecule has 1 aromatic rings. The zero-order valence-corrected chi connectivity index (χ0v) is 15.5. The summed E-state index contributed by atoms with van der Waals surface area (Å²) < 4.78 is 22.0. The van der Waals surface area contributed by atoms with Gasteiger partial charge in [0.05, 0.1) is 20.3 Å². The number of thioether (sulfide) groups is 1. The maximum absolute atomic E-state index is 5.54. The lowest BCUT2D eigenvalue weighted by atomic mass is 9.95. The molecule has 1 aromatic carbocycles. The smallest absolute Gasteiger partial charge is 0.231 e. The highest BCUT2D eigenvalue weighted by Gasteiger charge is 2.40. The van der Waals surface area contributed by atoms with Crippen LogP contribution >= 0.6 is 11.8 Å². The fraction of sp³-hybridized carbons (Fsp3) is 0.667. The maximum Gasteiger partial charge on any atom is 0.231 e. The second-order valence-corrected chi connectivity index (χ2v) is 7.87. The minimum Gasteiger partial charge on any atom is -0.493 e. The third-order valence-electron chi connectivity index (χ3n) is 5.27. The van der Waals surface area contributed by atoms with E-state index in [1.165, 1.54) is 17.9 Å². The minimum absolute atomic E-state index is 0.259. The number of ether oxygens (including phenoxy) is 4. The standard InChI is InChI=1S/C18H26N2O4S/c1-21-15-8-14(9-16-17(15)24-13-23-16)10-19-11-18(2-7-25-12-18)20-3-5-22-6-4-20/h8-9,19H,2-7,10-13H2,1H3. The van der Waals surface area contributed by atoms with Crippen molar-refractivity contribution in [1.29, 1.82) is 0 Å². The molecule has 1 atom stereocenters. The summed E-state index contributed by atoms with van der Waals surface area (Å²) in [6.07, 6.45) is 1.25. The van der Waals surface area contributed by atoms with Gasteiger partial charge >= 0.3 is 0 Å². The van der Waals surface area contributed by atoms with Gasteiger partial charge < -0.3 is 24.3 Å². The van der Waals surface area contributed by atoms with Crippen LogP contribution in [0.2, 0.25) is 0 Å². The molecule has 3 heterocycles. The lowest BCUT2D eigenvalue weighted by Gasteiger charge is -2.43. The highest BCUT2D eigenvalue weighted by atomic mass is 32.2. The van der Waals surface area contributed by atoms with Gasteiger partial charge in [-0.15, -0.1) is 0 Å². The Hall–Kier alpha value is -1.15. The van der Waals surface area contributed by atoms with Crippen LogP contribution in [0.4, 0.5) is 0 Å². The SMILES string of the molecule is COc1cc(CNCC2(N3CCOCC3)CCSC2)cc2c1OCO2. The number of hydrogen-bond donors (Lipinski definition) is 1. The quantitative estimate of drug-likeness (QED) is 0.823. The third-order valence-corrected chi connectivity index (χ3v) is 6.50. The predicted molar refractivity (Wildman–Crippen MR) is 97.9 cm³/mol. The van der Waals surface area contributed by atoms with Crippen molar-refractivity contribution in [2.45, 2.75) is 18.5 Å². The van der Waals surface area contributed by atoms with Crippen molar-refractivity contribution >= 4 is 11.8 Å². The van der Waals surface area contributed by atoms with Gasteiger partial charge in [0.1, 0.15) is 0 Å². The van der Waals surface area contributed by atoms with E-state index in [2.05, 4.69) is 22.0 Å². The van der Waals surface area contributed by atoms with Crippen LogP contribution in [-0.2, 0) is 11.3 Å². The highest BCUT2D eigenvalue weighted by Crippen LogP contribution is 2.42. The van der Waals surface area contributed by atoms with E-state index in [0.29, 0.717) is 5.75 Å². The average Bonchev–Trinajstić information content (AvgIpc) is 3.32. The molecule has 0 bridgehead atoms. The van der Waals surface area contributed by atoms with E-state index in [4.69, 9.17) is 18.9 Å². The van der Waals surface area contributed by atoms with Crippen LogP contribution in [0.5, 0.6) is 17.2 Å². The lowest BCUT2D eigenvalue weighted by molar-refractivity contribution is -0.0134. The van der Waals surface area contributed by atoms with Gasteiger partial charge in [0, 0.05) is 37.5 Å². The molecule has 3 aliphatic rings. The Morgan fingerprint density at radius 3 is 2.92 bits per heavy atom. The van der Waals surface area contributed by atoms with Gasteiger partial charge in [-0.05, 0) is 29.9 Å².